The molecule has 1 aromatic carbocycles. The maximum absolute atomic E-state index is 5.42. The summed E-state index contributed by atoms with van der Waals surface area (Å²) in [5.41, 5.74) is 2.35. The first-order valence-corrected chi connectivity index (χ1v) is 8.11. The lowest BCUT2D eigenvalue weighted by Gasteiger charge is -2.10. The van der Waals surface area contributed by atoms with Crippen LogP contribution in [0.5, 0.6) is 0 Å². The van der Waals surface area contributed by atoms with Crippen molar-refractivity contribution in [2.24, 2.45) is 5.92 Å². The van der Waals surface area contributed by atoms with E-state index in [-0.39, 0.29) is 0 Å². The van der Waals surface area contributed by atoms with E-state index in [0.717, 1.165) is 56.5 Å². The SMILES string of the molecule is CCCn1c(CNCCC2CCOC2)nc2ccccc21. The second-order valence-corrected chi connectivity index (χ2v) is 5.86. The van der Waals surface area contributed by atoms with Crippen LogP contribution < -0.4 is 5.32 Å². The number of fused-ring (bicyclic) bond motifs is 1. The number of aromatic nitrogens is 2. The molecule has 1 unspecified atom stereocenters. The van der Waals surface area contributed by atoms with Crippen molar-refractivity contribution in [2.45, 2.75) is 39.3 Å². The highest BCUT2D eigenvalue weighted by Crippen LogP contribution is 2.17. The summed E-state index contributed by atoms with van der Waals surface area (Å²) in [5, 5.41) is 3.55. The van der Waals surface area contributed by atoms with Crippen molar-refractivity contribution in [3.63, 3.8) is 0 Å². The van der Waals surface area contributed by atoms with Crippen LogP contribution in [-0.4, -0.2) is 29.3 Å². The smallest absolute Gasteiger partial charge is 0.123 e. The van der Waals surface area contributed by atoms with Gasteiger partial charge in [0, 0.05) is 19.8 Å². The Morgan fingerprint density at radius 3 is 3.10 bits per heavy atom. The molecule has 1 fully saturated rings. The predicted octanol–water partition coefficient (Wildman–Crippen LogP) is 2.96. The molecule has 4 nitrogen and oxygen atoms in total. The van der Waals surface area contributed by atoms with Crippen LogP contribution in [0.4, 0.5) is 0 Å². The maximum Gasteiger partial charge on any atom is 0.123 e. The number of para-hydroxylation sites is 2. The molecule has 0 spiro atoms. The Bertz CT molecular complexity index is 572. The quantitative estimate of drug-likeness (QED) is 0.796. The minimum atomic E-state index is 0.743. The summed E-state index contributed by atoms with van der Waals surface area (Å²) in [6.07, 6.45) is 3.55. The molecule has 1 saturated heterocycles. The van der Waals surface area contributed by atoms with Crippen LogP contribution in [-0.2, 0) is 17.8 Å². The average Bonchev–Trinajstić information content (AvgIpc) is 3.13. The van der Waals surface area contributed by atoms with Crippen LogP contribution >= 0.6 is 0 Å². The number of benzene rings is 1. The fourth-order valence-electron chi connectivity index (χ4n) is 3.05. The van der Waals surface area contributed by atoms with Gasteiger partial charge in [-0.05, 0) is 43.9 Å². The summed E-state index contributed by atoms with van der Waals surface area (Å²) >= 11 is 0. The van der Waals surface area contributed by atoms with Crippen molar-refractivity contribution in [1.29, 1.82) is 0 Å². The van der Waals surface area contributed by atoms with Gasteiger partial charge in [-0.2, -0.15) is 0 Å². The number of aryl methyl sites for hydroxylation is 1. The van der Waals surface area contributed by atoms with E-state index in [4.69, 9.17) is 9.72 Å². The van der Waals surface area contributed by atoms with Gasteiger partial charge in [0.2, 0.25) is 0 Å². The zero-order chi connectivity index (χ0) is 14.5. The number of hydrogen-bond acceptors (Lipinski definition) is 3. The molecule has 0 bridgehead atoms. The van der Waals surface area contributed by atoms with Crippen LogP contribution in [0.1, 0.15) is 32.0 Å². The lowest BCUT2D eigenvalue weighted by atomic mass is 10.1. The number of nitrogens with zero attached hydrogens (tertiary/aromatic N) is 2. The largest absolute Gasteiger partial charge is 0.381 e. The molecule has 2 heterocycles. The molecule has 0 amide bonds. The van der Waals surface area contributed by atoms with E-state index in [9.17, 15) is 0 Å². The first kappa shape index (κ1) is 14.5. The molecule has 1 atom stereocenters. The van der Waals surface area contributed by atoms with Crippen LogP contribution in [0.15, 0.2) is 24.3 Å². The predicted molar refractivity (Wildman–Crippen MR) is 85.3 cm³/mol. The van der Waals surface area contributed by atoms with E-state index in [1.807, 2.05) is 0 Å². The number of imidazole rings is 1. The third kappa shape index (κ3) is 3.44. The summed E-state index contributed by atoms with van der Waals surface area (Å²) in [4.78, 5) is 4.78. The van der Waals surface area contributed by atoms with Gasteiger partial charge in [0.1, 0.15) is 5.82 Å². The third-order valence-electron chi connectivity index (χ3n) is 4.22. The average molecular weight is 287 g/mol. The Kier molecular flexibility index (Phi) is 4.88. The minimum absolute atomic E-state index is 0.743. The van der Waals surface area contributed by atoms with Crippen LogP contribution in [0.25, 0.3) is 11.0 Å². The van der Waals surface area contributed by atoms with Gasteiger partial charge in [0.15, 0.2) is 0 Å². The standard InChI is InChI=1S/C17H25N3O/c1-2-10-20-16-6-4-3-5-15(16)19-17(20)12-18-9-7-14-8-11-21-13-14/h3-6,14,18H,2,7-13H2,1H3. The van der Waals surface area contributed by atoms with E-state index in [1.165, 1.54) is 18.4 Å². The van der Waals surface area contributed by atoms with Gasteiger partial charge in [-0.3, -0.25) is 0 Å². The minimum Gasteiger partial charge on any atom is -0.381 e. The summed E-state index contributed by atoms with van der Waals surface area (Å²) in [6, 6.07) is 8.41. The van der Waals surface area contributed by atoms with Crippen molar-refractivity contribution in [3.8, 4) is 0 Å². The molecule has 1 aliphatic heterocycles. The highest BCUT2D eigenvalue weighted by Gasteiger charge is 2.15. The first-order chi connectivity index (χ1) is 10.4. The Balaban J connectivity index is 1.61. The van der Waals surface area contributed by atoms with Gasteiger partial charge >= 0.3 is 0 Å². The molecule has 0 saturated carbocycles. The summed E-state index contributed by atoms with van der Waals surface area (Å²) < 4.78 is 7.77. The van der Waals surface area contributed by atoms with E-state index < -0.39 is 0 Å². The second-order valence-electron chi connectivity index (χ2n) is 5.86. The lowest BCUT2D eigenvalue weighted by Crippen LogP contribution is -2.20. The van der Waals surface area contributed by atoms with E-state index in [0.29, 0.717) is 0 Å². The topological polar surface area (TPSA) is 39.1 Å². The van der Waals surface area contributed by atoms with Gasteiger partial charge < -0.3 is 14.6 Å². The zero-order valence-corrected chi connectivity index (χ0v) is 12.8. The van der Waals surface area contributed by atoms with Gasteiger partial charge in [-0.25, -0.2) is 4.98 Å². The third-order valence-corrected chi connectivity index (χ3v) is 4.22. The van der Waals surface area contributed by atoms with E-state index in [1.54, 1.807) is 0 Å². The highest BCUT2D eigenvalue weighted by atomic mass is 16.5. The monoisotopic (exact) mass is 287 g/mol. The Morgan fingerprint density at radius 2 is 2.29 bits per heavy atom. The molecule has 2 aromatic rings. The number of hydrogen-bond donors (Lipinski definition) is 1. The van der Waals surface area contributed by atoms with Crippen molar-refractivity contribution < 1.29 is 4.74 Å². The first-order valence-electron chi connectivity index (χ1n) is 8.11. The van der Waals surface area contributed by atoms with E-state index in [2.05, 4.69) is 41.1 Å². The molecule has 3 rings (SSSR count). The highest BCUT2D eigenvalue weighted by molar-refractivity contribution is 5.75. The van der Waals surface area contributed by atoms with E-state index >= 15 is 0 Å². The molecule has 0 radical (unpaired) electrons. The van der Waals surface area contributed by atoms with Crippen molar-refractivity contribution in [2.75, 3.05) is 19.8 Å². The number of nitrogens with one attached hydrogen (secondary N) is 1. The van der Waals surface area contributed by atoms with Crippen molar-refractivity contribution in [3.05, 3.63) is 30.1 Å². The van der Waals surface area contributed by atoms with Gasteiger partial charge in [0.25, 0.3) is 0 Å². The molecular formula is C17H25N3O. The summed E-state index contributed by atoms with van der Waals surface area (Å²) in [7, 11) is 0. The molecule has 1 aliphatic rings. The van der Waals surface area contributed by atoms with Crippen molar-refractivity contribution >= 4 is 11.0 Å². The molecule has 0 aliphatic carbocycles. The molecule has 1 aromatic heterocycles. The van der Waals surface area contributed by atoms with Crippen LogP contribution in [0.3, 0.4) is 0 Å². The van der Waals surface area contributed by atoms with Crippen molar-refractivity contribution in [1.82, 2.24) is 14.9 Å². The maximum atomic E-state index is 5.42. The fourth-order valence-corrected chi connectivity index (χ4v) is 3.05. The van der Waals surface area contributed by atoms with Gasteiger partial charge in [-0.1, -0.05) is 19.1 Å². The molecular weight excluding hydrogens is 262 g/mol. The zero-order valence-electron chi connectivity index (χ0n) is 12.8. The van der Waals surface area contributed by atoms with Gasteiger partial charge in [0.05, 0.1) is 17.6 Å². The summed E-state index contributed by atoms with van der Waals surface area (Å²) in [5.74, 6) is 1.90. The van der Waals surface area contributed by atoms with Gasteiger partial charge in [-0.15, -0.1) is 0 Å². The second kappa shape index (κ2) is 7.05. The Labute approximate surface area is 126 Å². The number of ether oxygens (including phenoxy) is 1. The fraction of sp³-hybridized carbons (Fsp3) is 0.588. The Hall–Kier alpha value is -1.39. The molecule has 114 valence electrons. The number of rotatable bonds is 7. The molecule has 21 heavy (non-hydrogen) atoms. The Morgan fingerprint density at radius 1 is 1.38 bits per heavy atom. The van der Waals surface area contributed by atoms with Crippen LogP contribution in [0.2, 0.25) is 0 Å². The molecule has 4 heteroatoms. The lowest BCUT2D eigenvalue weighted by molar-refractivity contribution is 0.184. The normalized spacial score (nSPS) is 18.6. The summed E-state index contributed by atoms with van der Waals surface area (Å²) in [6.45, 7) is 7.03. The molecule has 1 N–H and O–H groups in total. The van der Waals surface area contributed by atoms with Crippen LogP contribution in [0, 0.1) is 5.92 Å².